The number of carbonyl (C=O) groups is 2. The zero-order valence-corrected chi connectivity index (χ0v) is 15.4. The number of rotatable bonds is 5. The molecule has 11 nitrogen and oxygen atoms in total. The maximum atomic E-state index is 13.9. The summed E-state index contributed by atoms with van der Waals surface area (Å²) in [6.45, 7) is 0.922. The van der Waals surface area contributed by atoms with Crippen LogP contribution in [-0.2, 0) is 11.3 Å². The van der Waals surface area contributed by atoms with E-state index in [1.54, 1.807) is 6.07 Å². The number of piperazine rings is 1. The Balaban J connectivity index is 1.40. The Kier molecular flexibility index (Phi) is 5.08. The number of carbonyl (C=O) groups excluding carboxylic acids is 1. The summed E-state index contributed by atoms with van der Waals surface area (Å²) in [5.41, 5.74) is -0.303. The van der Waals surface area contributed by atoms with Crippen molar-refractivity contribution in [1.82, 2.24) is 30.3 Å². The van der Waals surface area contributed by atoms with E-state index in [9.17, 15) is 18.4 Å². The average Bonchev–Trinajstić information content (AvgIpc) is 3.39. The first kappa shape index (κ1) is 19.4. The summed E-state index contributed by atoms with van der Waals surface area (Å²) in [5, 5.41) is 23.9. The van der Waals surface area contributed by atoms with Gasteiger partial charge in [-0.2, -0.15) is 4.80 Å². The highest BCUT2D eigenvalue weighted by Crippen LogP contribution is 2.23. The van der Waals surface area contributed by atoms with Crippen molar-refractivity contribution in [1.29, 1.82) is 0 Å². The molecule has 0 bridgehead atoms. The lowest BCUT2D eigenvalue weighted by Gasteiger charge is -2.34. The lowest BCUT2D eigenvalue weighted by Crippen LogP contribution is -2.49. The Morgan fingerprint density at radius 2 is 1.93 bits per heavy atom. The van der Waals surface area contributed by atoms with Gasteiger partial charge in [-0.05, 0) is 17.3 Å². The normalized spacial score (nSPS) is 14.2. The third kappa shape index (κ3) is 3.81. The minimum atomic E-state index is -1.16. The number of amides is 1. The molecule has 0 spiro atoms. The molecule has 0 aliphatic carbocycles. The first-order valence-electron chi connectivity index (χ1n) is 8.87. The summed E-state index contributed by atoms with van der Waals surface area (Å²) in [7, 11) is 0. The molecule has 1 aromatic carbocycles. The van der Waals surface area contributed by atoms with Crippen LogP contribution >= 0.6 is 0 Å². The van der Waals surface area contributed by atoms with Crippen LogP contribution in [0.1, 0.15) is 10.4 Å². The van der Waals surface area contributed by atoms with Crippen molar-refractivity contribution in [2.75, 3.05) is 31.1 Å². The highest BCUT2D eigenvalue weighted by molar-refractivity contribution is 5.94. The number of hydrogen-bond acceptors (Lipinski definition) is 8. The van der Waals surface area contributed by atoms with E-state index >= 15 is 0 Å². The van der Waals surface area contributed by atoms with Crippen molar-refractivity contribution >= 4 is 17.7 Å². The number of nitrogens with zero attached hydrogens (tertiary/aromatic N) is 7. The predicted octanol–water partition coefficient (Wildman–Crippen LogP) is 0.653. The summed E-state index contributed by atoms with van der Waals surface area (Å²) in [4.78, 5) is 27.4. The van der Waals surface area contributed by atoms with Crippen LogP contribution in [0.5, 0.6) is 0 Å². The van der Waals surface area contributed by atoms with Crippen LogP contribution in [0.25, 0.3) is 11.6 Å². The Morgan fingerprint density at radius 1 is 1.17 bits per heavy atom. The second kappa shape index (κ2) is 7.85. The number of hydrogen-bond donors (Lipinski definition) is 1. The van der Waals surface area contributed by atoms with Gasteiger partial charge in [0.15, 0.2) is 24.0 Å². The monoisotopic (exact) mass is 419 g/mol. The molecule has 4 rings (SSSR count). The lowest BCUT2D eigenvalue weighted by molar-refractivity contribution is -0.138. The van der Waals surface area contributed by atoms with E-state index < -0.39 is 30.1 Å². The van der Waals surface area contributed by atoms with E-state index in [1.807, 2.05) is 4.90 Å². The van der Waals surface area contributed by atoms with Crippen LogP contribution in [0.4, 0.5) is 14.6 Å². The fourth-order valence-corrected chi connectivity index (χ4v) is 3.03. The molecule has 0 unspecified atom stereocenters. The third-order valence-corrected chi connectivity index (χ3v) is 4.52. The predicted molar refractivity (Wildman–Crippen MR) is 95.4 cm³/mol. The summed E-state index contributed by atoms with van der Waals surface area (Å²) in [6, 6.07) is 5.08. The first-order valence-corrected chi connectivity index (χ1v) is 8.87. The topological polar surface area (TPSA) is 130 Å². The number of halogens is 2. The summed E-state index contributed by atoms with van der Waals surface area (Å²) < 4.78 is 32.5. The van der Waals surface area contributed by atoms with Crippen molar-refractivity contribution in [2.45, 2.75) is 6.54 Å². The quantitative estimate of drug-likeness (QED) is 0.633. The van der Waals surface area contributed by atoms with Crippen molar-refractivity contribution < 1.29 is 28.0 Å². The zero-order valence-electron chi connectivity index (χ0n) is 15.4. The highest BCUT2D eigenvalue weighted by Gasteiger charge is 2.27. The van der Waals surface area contributed by atoms with E-state index in [2.05, 4.69) is 20.6 Å². The van der Waals surface area contributed by atoms with Crippen LogP contribution in [-0.4, -0.2) is 73.4 Å². The SMILES string of the molecule is O=C(O)Cn1nnc(-c2cc(N3CCN(C(=O)c4cccc(F)c4F)CC3)no2)n1. The van der Waals surface area contributed by atoms with Crippen LogP contribution in [0, 0.1) is 11.6 Å². The van der Waals surface area contributed by atoms with Crippen LogP contribution < -0.4 is 4.90 Å². The minimum Gasteiger partial charge on any atom is -0.480 e. The van der Waals surface area contributed by atoms with Crippen molar-refractivity contribution in [3.05, 3.63) is 41.5 Å². The fourth-order valence-electron chi connectivity index (χ4n) is 3.03. The zero-order chi connectivity index (χ0) is 21.3. The van der Waals surface area contributed by atoms with E-state index in [4.69, 9.17) is 9.63 Å². The first-order chi connectivity index (χ1) is 14.4. The smallest absolute Gasteiger partial charge is 0.327 e. The molecule has 1 amide bonds. The van der Waals surface area contributed by atoms with E-state index in [1.165, 1.54) is 17.0 Å². The average molecular weight is 419 g/mol. The second-order valence-electron chi connectivity index (χ2n) is 6.47. The number of tetrazole rings is 1. The van der Waals surface area contributed by atoms with E-state index in [0.717, 1.165) is 10.9 Å². The summed E-state index contributed by atoms with van der Waals surface area (Å²) in [6.07, 6.45) is 0. The molecular formula is C17H15F2N7O4. The molecule has 1 saturated heterocycles. The molecule has 0 radical (unpaired) electrons. The van der Waals surface area contributed by atoms with E-state index in [0.29, 0.717) is 18.9 Å². The van der Waals surface area contributed by atoms with Gasteiger partial charge in [-0.25, -0.2) is 8.78 Å². The van der Waals surface area contributed by atoms with Gasteiger partial charge < -0.3 is 19.4 Å². The Hall–Kier alpha value is -3.90. The molecule has 0 saturated carbocycles. The molecule has 1 N–H and O–H groups in total. The molecule has 1 aliphatic rings. The largest absolute Gasteiger partial charge is 0.480 e. The van der Waals surface area contributed by atoms with Gasteiger partial charge in [-0.15, -0.1) is 10.2 Å². The van der Waals surface area contributed by atoms with Crippen LogP contribution in [0.15, 0.2) is 28.8 Å². The molecule has 3 aromatic rings. The number of carboxylic acid groups (broad SMARTS) is 1. The Morgan fingerprint density at radius 3 is 2.67 bits per heavy atom. The number of aliphatic carboxylic acids is 1. The van der Waals surface area contributed by atoms with Gasteiger partial charge in [0, 0.05) is 32.2 Å². The summed E-state index contributed by atoms with van der Waals surface area (Å²) in [5.74, 6) is -3.14. The van der Waals surface area contributed by atoms with Gasteiger partial charge in [0.2, 0.25) is 11.6 Å². The minimum absolute atomic E-state index is 0.0883. The standard InChI is InChI=1S/C17H15F2N7O4/c18-11-3-1-2-10(15(11)19)17(29)25-6-4-24(5-7-25)13-8-12(30-22-13)16-20-23-26(21-16)9-14(27)28/h1-3,8H,4-7,9H2,(H,27,28). The highest BCUT2D eigenvalue weighted by atomic mass is 19.2. The van der Waals surface area contributed by atoms with Crippen molar-refractivity contribution in [3.8, 4) is 11.6 Å². The molecule has 0 atom stereocenters. The molecule has 1 aliphatic heterocycles. The Labute approximate surface area is 167 Å². The van der Waals surface area contributed by atoms with Gasteiger partial charge in [0.25, 0.3) is 5.91 Å². The number of anilines is 1. The van der Waals surface area contributed by atoms with Crippen molar-refractivity contribution in [2.24, 2.45) is 0 Å². The van der Waals surface area contributed by atoms with Crippen LogP contribution in [0.3, 0.4) is 0 Å². The molecule has 156 valence electrons. The number of benzene rings is 1. The molecule has 30 heavy (non-hydrogen) atoms. The number of carboxylic acids is 1. The molecule has 3 heterocycles. The Bertz CT molecular complexity index is 1090. The fraction of sp³-hybridized carbons (Fsp3) is 0.294. The van der Waals surface area contributed by atoms with Gasteiger partial charge in [-0.3, -0.25) is 9.59 Å². The second-order valence-corrected chi connectivity index (χ2v) is 6.47. The van der Waals surface area contributed by atoms with E-state index in [-0.39, 0.29) is 30.2 Å². The molecule has 2 aromatic heterocycles. The number of aromatic nitrogens is 5. The molecule has 13 heteroatoms. The summed E-state index contributed by atoms with van der Waals surface area (Å²) >= 11 is 0. The lowest BCUT2D eigenvalue weighted by atomic mass is 10.1. The van der Waals surface area contributed by atoms with Crippen LogP contribution in [0.2, 0.25) is 0 Å². The maximum Gasteiger partial charge on any atom is 0.327 e. The maximum absolute atomic E-state index is 13.9. The molecule has 1 fully saturated rings. The third-order valence-electron chi connectivity index (χ3n) is 4.52. The van der Waals surface area contributed by atoms with Gasteiger partial charge in [-0.1, -0.05) is 11.2 Å². The van der Waals surface area contributed by atoms with Gasteiger partial charge in [0.05, 0.1) is 5.56 Å². The van der Waals surface area contributed by atoms with Gasteiger partial charge >= 0.3 is 5.97 Å². The van der Waals surface area contributed by atoms with Gasteiger partial charge in [0.1, 0.15) is 0 Å². The van der Waals surface area contributed by atoms with Crippen molar-refractivity contribution in [3.63, 3.8) is 0 Å². The molecular weight excluding hydrogens is 404 g/mol.